The number of amidine groups is 1. The first-order chi connectivity index (χ1) is 15.0. The molecule has 0 bridgehead atoms. The van der Waals surface area contributed by atoms with Crippen molar-refractivity contribution >= 4 is 29.2 Å². The molecule has 32 heavy (non-hydrogen) atoms. The van der Waals surface area contributed by atoms with Crippen LogP contribution in [0, 0.1) is 5.82 Å². The lowest BCUT2D eigenvalue weighted by atomic mass is 10.2. The number of hydrogen-bond donors (Lipinski definition) is 4. The predicted octanol–water partition coefficient (Wildman–Crippen LogP) is 2.69. The van der Waals surface area contributed by atoms with Crippen LogP contribution in [0.2, 0.25) is 0 Å². The molecule has 0 aliphatic carbocycles. The second-order valence-corrected chi connectivity index (χ2v) is 7.13. The molecule has 176 valence electrons. The number of amides is 1. The molecule has 5 N–H and O–H groups in total. The maximum atomic E-state index is 13.4. The summed E-state index contributed by atoms with van der Waals surface area (Å²) in [5, 5.41) is 18.7. The fourth-order valence-electron chi connectivity index (χ4n) is 2.17. The van der Waals surface area contributed by atoms with Crippen molar-refractivity contribution in [2.45, 2.75) is 30.1 Å². The first-order valence-corrected chi connectivity index (χ1v) is 9.62. The molecule has 1 heterocycles. The Morgan fingerprint density at radius 2 is 2.03 bits per heavy atom. The van der Waals surface area contributed by atoms with Crippen LogP contribution in [0.1, 0.15) is 24.1 Å². The highest BCUT2D eigenvalue weighted by Gasteiger charge is 2.37. The summed E-state index contributed by atoms with van der Waals surface area (Å²) in [4.78, 5) is 15.4. The molecule has 0 saturated heterocycles. The lowest BCUT2D eigenvalue weighted by Gasteiger charge is -2.14. The van der Waals surface area contributed by atoms with Gasteiger partial charge in [-0.15, -0.1) is 0 Å². The van der Waals surface area contributed by atoms with E-state index in [-0.39, 0.29) is 34.5 Å². The molecule has 0 aliphatic rings. The number of carbonyl (C=O) groups is 1. The van der Waals surface area contributed by atoms with E-state index in [9.17, 15) is 36.3 Å². The van der Waals surface area contributed by atoms with E-state index in [0.717, 1.165) is 30.0 Å². The highest BCUT2D eigenvalue weighted by atomic mass is 32.2. The molecular formula is C16H16F6N6O3S. The smallest absolute Gasteiger partial charge is 0.355 e. The van der Waals surface area contributed by atoms with E-state index >= 15 is 0 Å². The summed E-state index contributed by atoms with van der Waals surface area (Å²) in [6.07, 6.45) is -8.72. The number of nitrogens with one attached hydrogen (secondary N) is 2. The Morgan fingerprint density at radius 1 is 1.31 bits per heavy atom. The minimum Gasteiger partial charge on any atom is -0.355 e. The van der Waals surface area contributed by atoms with Gasteiger partial charge in [0, 0.05) is 12.3 Å². The number of nitrogens with two attached hydrogens (primary N) is 1. The zero-order chi connectivity index (χ0) is 23.9. The average Bonchev–Trinajstić information content (AvgIpc) is 3.18. The number of carbonyl (C=O) groups excluding carboxylic acids is 1. The fourth-order valence-corrected chi connectivity index (χ4v) is 2.93. The Hall–Kier alpha value is -2.85. The molecule has 16 heteroatoms. The third kappa shape index (κ3) is 7.10. The molecule has 0 saturated carbocycles. The van der Waals surface area contributed by atoms with Crippen molar-refractivity contribution in [3.05, 3.63) is 35.3 Å². The van der Waals surface area contributed by atoms with E-state index in [2.05, 4.69) is 25.3 Å². The molecule has 2 rings (SSSR count). The third-order valence-electron chi connectivity index (χ3n) is 3.73. The van der Waals surface area contributed by atoms with Gasteiger partial charge >= 0.3 is 6.18 Å². The minimum absolute atomic E-state index is 0.0581. The molecule has 9 nitrogen and oxygen atoms in total. The summed E-state index contributed by atoms with van der Waals surface area (Å²) in [6, 6.07) is 0.353. The molecule has 0 fully saturated rings. The lowest BCUT2D eigenvalue weighted by molar-refractivity contribution is -0.154. The van der Waals surface area contributed by atoms with Crippen molar-refractivity contribution in [1.82, 2.24) is 21.1 Å². The summed E-state index contributed by atoms with van der Waals surface area (Å²) in [6.45, 7) is -0.0604. The monoisotopic (exact) mass is 486 g/mol. The van der Waals surface area contributed by atoms with E-state index in [1.54, 1.807) is 5.48 Å². The Kier molecular flexibility index (Phi) is 8.85. The van der Waals surface area contributed by atoms with Crippen molar-refractivity contribution in [3.8, 4) is 0 Å². The van der Waals surface area contributed by atoms with Crippen LogP contribution in [0.15, 0.2) is 32.8 Å². The molecule has 0 aliphatic heterocycles. The largest absolute Gasteiger partial charge is 0.404 e. The summed E-state index contributed by atoms with van der Waals surface area (Å²) < 4.78 is 80.7. The molecule has 0 radical (unpaired) electrons. The van der Waals surface area contributed by atoms with Crippen LogP contribution < -0.4 is 16.5 Å². The molecule has 1 amide bonds. The van der Waals surface area contributed by atoms with Crippen LogP contribution in [-0.2, 0) is 4.79 Å². The van der Waals surface area contributed by atoms with E-state index in [4.69, 9.17) is 5.73 Å². The summed E-state index contributed by atoms with van der Waals surface area (Å²) in [5.41, 5.74) is 5.42. The van der Waals surface area contributed by atoms with E-state index in [1.807, 2.05) is 0 Å². The molecular weight excluding hydrogens is 470 g/mol. The summed E-state index contributed by atoms with van der Waals surface area (Å²) in [7, 11) is 0. The molecule has 1 atom stereocenters. The van der Waals surface area contributed by atoms with Crippen LogP contribution >= 0.6 is 11.8 Å². The number of rotatable bonds is 9. The van der Waals surface area contributed by atoms with Gasteiger partial charge < -0.3 is 11.1 Å². The van der Waals surface area contributed by atoms with Crippen LogP contribution in [0.25, 0.3) is 0 Å². The molecule has 2 aromatic rings. The quantitative estimate of drug-likeness (QED) is 0.106. The molecule has 1 unspecified atom stereocenters. The minimum atomic E-state index is -4.69. The van der Waals surface area contributed by atoms with Gasteiger partial charge in [-0.1, -0.05) is 11.8 Å². The number of thioether (sulfide) groups is 1. The van der Waals surface area contributed by atoms with Gasteiger partial charge in [-0.05, 0) is 28.5 Å². The first-order valence-electron chi connectivity index (χ1n) is 8.64. The highest BCUT2D eigenvalue weighted by Crippen LogP contribution is 2.27. The number of aliphatic imine (C=N–C) groups is 1. The lowest BCUT2D eigenvalue weighted by Crippen LogP contribution is -2.42. The first kappa shape index (κ1) is 25.4. The van der Waals surface area contributed by atoms with Crippen LogP contribution in [0.4, 0.5) is 32.0 Å². The van der Waals surface area contributed by atoms with Gasteiger partial charge in [0.05, 0.1) is 17.7 Å². The van der Waals surface area contributed by atoms with E-state index in [0.29, 0.717) is 0 Å². The number of alkyl halides is 5. The number of halogens is 6. The predicted molar refractivity (Wildman–Crippen MR) is 99.2 cm³/mol. The van der Waals surface area contributed by atoms with Crippen molar-refractivity contribution < 1.29 is 41.0 Å². The highest BCUT2D eigenvalue weighted by molar-refractivity contribution is 7.99. The Bertz CT molecular complexity index is 955. The maximum absolute atomic E-state index is 13.4. The number of aromatic nitrogens is 2. The van der Waals surface area contributed by atoms with Crippen LogP contribution in [-0.4, -0.2) is 51.8 Å². The van der Waals surface area contributed by atoms with Crippen LogP contribution in [0.5, 0.6) is 0 Å². The zero-order valence-corrected chi connectivity index (χ0v) is 16.7. The maximum Gasteiger partial charge on any atom is 0.404 e. The zero-order valence-electron chi connectivity index (χ0n) is 15.9. The summed E-state index contributed by atoms with van der Waals surface area (Å²) >= 11 is 0.937. The fraction of sp³-hybridized carbons (Fsp3) is 0.375. The van der Waals surface area contributed by atoms with Crippen molar-refractivity contribution in [2.24, 2.45) is 10.7 Å². The van der Waals surface area contributed by atoms with Gasteiger partial charge in [0.1, 0.15) is 11.9 Å². The van der Waals surface area contributed by atoms with Crippen molar-refractivity contribution in [2.75, 3.05) is 12.3 Å². The second kappa shape index (κ2) is 11.1. The van der Waals surface area contributed by atoms with Gasteiger partial charge in [-0.25, -0.2) is 22.8 Å². The Balaban J connectivity index is 2.01. The van der Waals surface area contributed by atoms with Gasteiger partial charge in [-0.2, -0.15) is 13.2 Å². The van der Waals surface area contributed by atoms with E-state index in [1.165, 1.54) is 0 Å². The third-order valence-corrected chi connectivity index (χ3v) is 4.68. The Morgan fingerprint density at radius 3 is 2.66 bits per heavy atom. The van der Waals surface area contributed by atoms with Crippen LogP contribution in [0.3, 0.4) is 0 Å². The number of benzene rings is 1. The number of nitrogens with zero attached hydrogens (tertiary/aromatic N) is 3. The standard InChI is InChI=1S/C16H16F6N6O3S/c17-9-2-1-7(5-8(9)13(18)19)25-14(26-30)12-15(28-31-27-12)32-4-3-24-11(29)6-10(23)16(20,21)22/h1-2,5,10,13,30H,3-4,6,23H2,(H,24,29)(H,25,26). The SMILES string of the molecule is NC(CC(=O)NCCSc1nonc1C(=Nc1ccc(F)c(C(F)F)c1)NO)C(F)(F)F. The normalized spacial score (nSPS) is 13.3. The van der Waals surface area contributed by atoms with E-state index < -0.39 is 42.4 Å². The molecule has 1 aromatic heterocycles. The Labute approximate surface area is 180 Å². The average molecular weight is 486 g/mol. The van der Waals surface area contributed by atoms with Gasteiger partial charge in [-0.3, -0.25) is 15.5 Å². The summed E-state index contributed by atoms with van der Waals surface area (Å²) in [5.74, 6) is -2.28. The topological polar surface area (TPSA) is 139 Å². The van der Waals surface area contributed by atoms with Gasteiger partial charge in [0.25, 0.3) is 6.43 Å². The van der Waals surface area contributed by atoms with Gasteiger partial charge in [0.15, 0.2) is 16.6 Å². The van der Waals surface area contributed by atoms with Crippen molar-refractivity contribution in [3.63, 3.8) is 0 Å². The second-order valence-electron chi connectivity index (χ2n) is 6.05. The molecule has 0 spiro atoms. The number of hydroxylamine groups is 1. The van der Waals surface area contributed by atoms with Gasteiger partial charge in [0.2, 0.25) is 5.91 Å². The molecule has 1 aromatic carbocycles. The van der Waals surface area contributed by atoms with Crippen molar-refractivity contribution in [1.29, 1.82) is 0 Å². The number of hydrogen-bond acceptors (Lipinski definition) is 8.